The summed E-state index contributed by atoms with van der Waals surface area (Å²) in [5.74, 6) is 0.690. The molecular weight excluding hydrogens is 434 g/mol. The van der Waals surface area contributed by atoms with Gasteiger partial charge in [-0.1, -0.05) is 83.5 Å². The van der Waals surface area contributed by atoms with E-state index in [1.165, 1.54) is 0 Å². The Labute approximate surface area is 208 Å². The van der Waals surface area contributed by atoms with Crippen molar-refractivity contribution in [2.45, 2.75) is 73.3 Å². The average Bonchev–Trinajstić information content (AvgIpc) is 2.85. The second-order valence-electron chi connectivity index (χ2n) is 10.0. The molecule has 3 aromatic rings. The number of unbranched alkanes of at least 4 members (excludes halogenated alkanes) is 1. The van der Waals surface area contributed by atoms with Gasteiger partial charge in [-0.15, -0.1) is 0 Å². The number of hydrogen-bond donors (Lipinski definition) is 0. The van der Waals surface area contributed by atoms with Crippen molar-refractivity contribution in [3.63, 3.8) is 0 Å². The zero-order chi connectivity index (χ0) is 25.6. The van der Waals surface area contributed by atoms with E-state index in [0.29, 0.717) is 29.8 Å². The number of ketones is 1. The van der Waals surface area contributed by atoms with E-state index in [9.17, 15) is 14.9 Å². The van der Waals surface area contributed by atoms with Crippen molar-refractivity contribution in [3.05, 3.63) is 87.1 Å². The van der Waals surface area contributed by atoms with E-state index < -0.39 is 5.41 Å². The van der Waals surface area contributed by atoms with Crippen LogP contribution in [-0.2, 0) is 30.6 Å². The molecule has 0 atom stereocenters. The third-order valence-electron chi connectivity index (χ3n) is 6.34. The van der Waals surface area contributed by atoms with Gasteiger partial charge in [-0.05, 0) is 35.6 Å². The molecule has 0 aliphatic carbocycles. The van der Waals surface area contributed by atoms with Gasteiger partial charge in [-0.2, -0.15) is 5.26 Å². The Bertz CT molecular complexity index is 1290. The summed E-state index contributed by atoms with van der Waals surface area (Å²) in [4.78, 5) is 31.4. The largest absolute Gasteiger partial charge is 0.297 e. The van der Waals surface area contributed by atoms with Gasteiger partial charge in [0.1, 0.15) is 5.82 Å². The number of aromatic nitrogens is 2. The maximum atomic E-state index is 13.7. The van der Waals surface area contributed by atoms with Gasteiger partial charge in [0, 0.05) is 23.8 Å². The minimum absolute atomic E-state index is 0.0175. The molecule has 0 unspecified atom stereocenters. The number of carbonyl (C=O) groups excluding carboxylic acids is 1. The summed E-state index contributed by atoms with van der Waals surface area (Å²) in [6.07, 6.45) is 3.77. The van der Waals surface area contributed by atoms with Gasteiger partial charge in [0.25, 0.3) is 5.56 Å². The number of hydrogen-bond acceptors (Lipinski definition) is 4. The summed E-state index contributed by atoms with van der Waals surface area (Å²) in [5, 5.41) is 9.42. The molecular formula is C30H35N3O2. The Morgan fingerprint density at radius 3 is 2.34 bits per heavy atom. The molecule has 0 aliphatic rings. The SMILES string of the molecule is CCCCc1nc(CC)n(CC(=O)C(C)(C)C)c(=O)c1Cc1ccc(-c2ccccc2C#N)cc1. The van der Waals surface area contributed by atoms with Crippen LogP contribution in [-0.4, -0.2) is 15.3 Å². The first-order chi connectivity index (χ1) is 16.7. The molecule has 1 heterocycles. The van der Waals surface area contributed by atoms with Crippen LogP contribution in [0.1, 0.15) is 75.7 Å². The van der Waals surface area contributed by atoms with E-state index in [1.54, 1.807) is 4.57 Å². The lowest BCUT2D eigenvalue weighted by molar-refractivity contribution is -0.127. The van der Waals surface area contributed by atoms with Crippen LogP contribution in [0.25, 0.3) is 11.1 Å². The fourth-order valence-corrected chi connectivity index (χ4v) is 4.07. The number of rotatable bonds is 9. The van der Waals surface area contributed by atoms with Gasteiger partial charge in [0.2, 0.25) is 0 Å². The zero-order valence-corrected chi connectivity index (χ0v) is 21.5. The fraction of sp³-hybridized carbons (Fsp3) is 0.400. The highest BCUT2D eigenvalue weighted by Gasteiger charge is 2.24. The second kappa shape index (κ2) is 11.3. The fourth-order valence-electron chi connectivity index (χ4n) is 4.07. The topological polar surface area (TPSA) is 75.8 Å². The number of aryl methyl sites for hydroxylation is 2. The minimum atomic E-state index is -0.527. The zero-order valence-electron chi connectivity index (χ0n) is 21.5. The summed E-state index contributed by atoms with van der Waals surface area (Å²) in [5.41, 5.74) is 4.35. The third-order valence-corrected chi connectivity index (χ3v) is 6.34. The van der Waals surface area contributed by atoms with Crippen LogP contribution in [0.15, 0.2) is 53.3 Å². The lowest BCUT2D eigenvalue weighted by atomic mass is 9.90. The Morgan fingerprint density at radius 1 is 1.06 bits per heavy atom. The Kier molecular flexibility index (Phi) is 8.40. The van der Waals surface area contributed by atoms with Crippen molar-refractivity contribution in [3.8, 4) is 17.2 Å². The predicted octanol–water partition coefficient (Wildman–Crippen LogP) is 5.89. The van der Waals surface area contributed by atoms with Crippen molar-refractivity contribution in [1.29, 1.82) is 5.26 Å². The lowest BCUT2D eigenvalue weighted by Gasteiger charge is -2.21. The molecule has 1 aromatic heterocycles. The predicted molar refractivity (Wildman–Crippen MR) is 140 cm³/mol. The Balaban J connectivity index is 2.02. The molecule has 2 aromatic carbocycles. The average molecular weight is 470 g/mol. The van der Waals surface area contributed by atoms with E-state index in [1.807, 2.05) is 76.2 Å². The highest BCUT2D eigenvalue weighted by molar-refractivity contribution is 5.83. The molecule has 182 valence electrons. The smallest absolute Gasteiger partial charge is 0.257 e. The molecule has 0 saturated heterocycles. The third kappa shape index (κ3) is 6.14. The quantitative estimate of drug-likeness (QED) is 0.391. The van der Waals surface area contributed by atoms with E-state index in [2.05, 4.69) is 13.0 Å². The summed E-state index contributed by atoms with van der Waals surface area (Å²) >= 11 is 0. The standard InChI is InChI=1S/C30H35N3O2/c1-6-8-13-26-25(29(35)33(28(7-2)32-26)20-27(34)30(3,4)5)18-21-14-16-22(17-15-21)24-12-10-9-11-23(24)19-31/h9-12,14-17H,6-8,13,18,20H2,1-5H3. The van der Waals surface area contributed by atoms with E-state index in [-0.39, 0.29) is 17.9 Å². The Hall–Kier alpha value is -3.52. The van der Waals surface area contributed by atoms with E-state index >= 15 is 0 Å². The monoisotopic (exact) mass is 469 g/mol. The maximum Gasteiger partial charge on any atom is 0.257 e. The first-order valence-corrected chi connectivity index (χ1v) is 12.4. The van der Waals surface area contributed by atoms with E-state index in [0.717, 1.165) is 41.6 Å². The van der Waals surface area contributed by atoms with Crippen LogP contribution in [0.2, 0.25) is 0 Å². The van der Waals surface area contributed by atoms with Crippen molar-refractivity contribution < 1.29 is 4.79 Å². The van der Waals surface area contributed by atoms with E-state index in [4.69, 9.17) is 4.98 Å². The maximum absolute atomic E-state index is 13.7. The number of nitrogens with zero attached hydrogens (tertiary/aromatic N) is 3. The van der Waals surface area contributed by atoms with Crippen molar-refractivity contribution >= 4 is 5.78 Å². The molecule has 0 aliphatic heterocycles. The molecule has 0 fully saturated rings. The van der Waals surface area contributed by atoms with Crippen LogP contribution in [0, 0.1) is 16.7 Å². The molecule has 3 rings (SSSR count). The van der Waals surface area contributed by atoms with Crippen molar-refractivity contribution in [2.24, 2.45) is 5.41 Å². The van der Waals surface area contributed by atoms with Gasteiger partial charge in [-0.25, -0.2) is 4.98 Å². The molecule has 0 bridgehead atoms. The van der Waals surface area contributed by atoms with Crippen LogP contribution in [0.4, 0.5) is 0 Å². The molecule has 5 nitrogen and oxygen atoms in total. The van der Waals surface area contributed by atoms with Crippen LogP contribution < -0.4 is 5.56 Å². The van der Waals surface area contributed by atoms with Crippen molar-refractivity contribution in [1.82, 2.24) is 9.55 Å². The molecule has 0 saturated carbocycles. The summed E-state index contributed by atoms with van der Waals surface area (Å²) in [6.45, 7) is 9.78. The van der Waals surface area contributed by atoms with Gasteiger partial charge >= 0.3 is 0 Å². The first kappa shape index (κ1) is 26.1. The van der Waals surface area contributed by atoms with Gasteiger partial charge in [-0.3, -0.25) is 14.2 Å². The van der Waals surface area contributed by atoms with Crippen LogP contribution in [0.5, 0.6) is 0 Å². The molecule has 5 heteroatoms. The number of Topliss-reactive ketones (excluding diaryl/α,β-unsaturated/α-hetero) is 1. The highest BCUT2D eigenvalue weighted by Crippen LogP contribution is 2.24. The molecule has 0 radical (unpaired) electrons. The Morgan fingerprint density at radius 2 is 1.74 bits per heavy atom. The lowest BCUT2D eigenvalue weighted by Crippen LogP contribution is -2.36. The molecule has 0 spiro atoms. The summed E-state index contributed by atoms with van der Waals surface area (Å²) < 4.78 is 1.58. The van der Waals surface area contributed by atoms with Gasteiger partial charge in [0.15, 0.2) is 5.78 Å². The van der Waals surface area contributed by atoms with Crippen molar-refractivity contribution in [2.75, 3.05) is 0 Å². The normalized spacial score (nSPS) is 11.3. The summed E-state index contributed by atoms with van der Waals surface area (Å²) in [6, 6.07) is 17.8. The van der Waals surface area contributed by atoms with Crippen LogP contribution in [0.3, 0.4) is 0 Å². The first-order valence-electron chi connectivity index (χ1n) is 12.4. The molecule has 0 amide bonds. The number of carbonyl (C=O) groups is 1. The molecule has 35 heavy (non-hydrogen) atoms. The number of nitriles is 1. The van der Waals surface area contributed by atoms with Gasteiger partial charge in [0.05, 0.1) is 23.9 Å². The minimum Gasteiger partial charge on any atom is -0.297 e. The van der Waals surface area contributed by atoms with Crippen LogP contribution >= 0.6 is 0 Å². The summed E-state index contributed by atoms with van der Waals surface area (Å²) in [7, 11) is 0. The second-order valence-corrected chi connectivity index (χ2v) is 10.0. The number of benzene rings is 2. The highest BCUT2D eigenvalue weighted by atomic mass is 16.1. The van der Waals surface area contributed by atoms with Gasteiger partial charge < -0.3 is 0 Å². The molecule has 0 N–H and O–H groups in total.